The smallest absolute Gasteiger partial charge is 0.437 e. The van der Waals surface area contributed by atoms with Gasteiger partial charge in [-0.15, -0.1) is 4.68 Å². The summed E-state index contributed by atoms with van der Waals surface area (Å²) >= 11 is 16.6. The van der Waals surface area contributed by atoms with Gasteiger partial charge in [-0.1, -0.05) is 55.6 Å². The summed E-state index contributed by atoms with van der Waals surface area (Å²) in [5, 5.41) is 6.63. The quantitative estimate of drug-likeness (QED) is 0.697. The van der Waals surface area contributed by atoms with Crippen LogP contribution in [0.15, 0.2) is 6.07 Å². The van der Waals surface area contributed by atoms with E-state index in [1.54, 1.807) is 26.8 Å². The van der Waals surface area contributed by atoms with Crippen molar-refractivity contribution < 1.29 is 19.1 Å². The van der Waals surface area contributed by atoms with Gasteiger partial charge in [0.25, 0.3) is 0 Å². The summed E-state index contributed by atoms with van der Waals surface area (Å²) in [6.45, 7) is 10.5. The average Bonchev–Trinajstić information content (AvgIpc) is 2.77. The van der Waals surface area contributed by atoms with Gasteiger partial charge < -0.3 is 9.47 Å². The molecule has 1 aromatic heterocycles. The molecule has 7 nitrogen and oxygen atoms in total. The zero-order chi connectivity index (χ0) is 19.6. The van der Waals surface area contributed by atoms with Crippen LogP contribution in [-0.2, 0) is 14.9 Å². The lowest BCUT2D eigenvalue weighted by Crippen LogP contribution is -2.30. The SMILES string of the molecule is CC(C)(C)OC(=O)n1nc(C(C)(C)C)cc1NC(=O)OCC(Cl)(Cl)Cl. The van der Waals surface area contributed by atoms with Crippen molar-refractivity contribution in [1.29, 1.82) is 0 Å². The molecule has 0 aliphatic carbocycles. The molecule has 1 aromatic rings. The van der Waals surface area contributed by atoms with E-state index in [1.807, 2.05) is 20.8 Å². The lowest BCUT2D eigenvalue weighted by molar-refractivity contribution is 0.0517. The fraction of sp³-hybridized carbons (Fsp3) is 0.667. The van der Waals surface area contributed by atoms with Crippen LogP contribution in [0.3, 0.4) is 0 Å². The Morgan fingerprint density at radius 2 is 1.72 bits per heavy atom. The van der Waals surface area contributed by atoms with E-state index < -0.39 is 28.2 Å². The van der Waals surface area contributed by atoms with E-state index in [0.717, 1.165) is 4.68 Å². The molecular weight excluding hydrogens is 393 g/mol. The fourth-order valence-electron chi connectivity index (χ4n) is 1.57. The van der Waals surface area contributed by atoms with Gasteiger partial charge in [-0.3, -0.25) is 5.32 Å². The highest BCUT2D eigenvalue weighted by molar-refractivity contribution is 6.67. The number of hydrogen-bond donors (Lipinski definition) is 1. The Labute approximate surface area is 161 Å². The molecule has 0 fully saturated rings. The van der Waals surface area contributed by atoms with Gasteiger partial charge in [0.05, 0.1) is 5.69 Å². The Balaban J connectivity index is 3.05. The van der Waals surface area contributed by atoms with Crippen molar-refractivity contribution in [3.63, 3.8) is 0 Å². The highest BCUT2D eigenvalue weighted by Gasteiger charge is 2.27. The van der Waals surface area contributed by atoms with Crippen molar-refractivity contribution in [3.05, 3.63) is 11.8 Å². The number of carbonyl (C=O) groups is 2. The van der Waals surface area contributed by atoms with Crippen molar-refractivity contribution in [3.8, 4) is 0 Å². The fourth-order valence-corrected chi connectivity index (χ4v) is 1.73. The number of nitrogens with one attached hydrogen (secondary N) is 1. The Morgan fingerprint density at radius 1 is 1.16 bits per heavy atom. The maximum absolute atomic E-state index is 12.3. The van der Waals surface area contributed by atoms with Crippen LogP contribution in [-0.4, -0.2) is 38.0 Å². The zero-order valence-corrected chi connectivity index (χ0v) is 17.2. The highest BCUT2D eigenvalue weighted by atomic mass is 35.6. The van der Waals surface area contributed by atoms with Gasteiger partial charge >= 0.3 is 12.2 Å². The molecule has 0 unspecified atom stereocenters. The van der Waals surface area contributed by atoms with Gasteiger partial charge in [0, 0.05) is 11.5 Å². The summed E-state index contributed by atoms with van der Waals surface area (Å²) < 4.78 is 9.32. The molecule has 0 bridgehead atoms. The number of rotatable bonds is 2. The number of hydrogen-bond acceptors (Lipinski definition) is 5. The maximum Gasteiger partial charge on any atom is 0.437 e. The van der Waals surface area contributed by atoms with E-state index in [2.05, 4.69) is 10.4 Å². The maximum atomic E-state index is 12.3. The number of ether oxygens (including phenoxy) is 2. The first-order valence-corrected chi connectivity index (χ1v) is 8.56. The first-order valence-electron chi connectivity index (χ1n) is 7.43. The molecular formula is C15H22Cl3N3O4. The lowest BCUT2D eigenvalue weighted by Gasteiger charge is -2.20. The number of aromatic nitrogens is 2. The molecule has 0 atom stereocenters. The van der Waals surface area contributed by atoms with Gasteiger partial charge in [0.15, 0.2) is 0 Å². The molecule has 0 aliphatic heterocycles. The van der Waals surface area contributed by atoms with Crippen LogP contribution in [0.5, 0.6) is 0 Å². The second-order valence-electron chi connectivity index (χ2n) is 7.37. The molecule has 0 aliphatic rings. The minimum atomic E-state index is -1.74. The third-order valence-corrected chi connectivity index (χ3v) is 2.97. The van der Waals surface area contributed by atoms with Crippen molar-refractivity contribution in [2.24, 2.45) is 0 Å². The molecule has 10 heteroatoms. The Kier molecular flexibility index (Phi) is 6.64. The largest absolute Gasteiger partial charge is 0.445 e. The van der Waals surface area contributed by atoms with Crippen LogP contribution in [0.1, 0.15) is 47.2 Å². The van der Waals surface area contributed by atoms with E-state index in [9.17, 15) is 9.59 Å². The molecule has 1 rings (SSSR count). The molecule has 25 heavy (non-hydrogen) atoms. The van der Waals surface area contributed by atoms with E-state index >= 15 is 0 Å². The van der Waals surface area contributed by atoms with Crippen molar-refractivity contribution in [2.45, 2.75) is 56.4 Å². The topological polar surface area (TPSA) is 82.5 Å². The third-order valence-electron chi connectivity index (χ3n) is 2.64. The minimum absolute atomic E-state index is 0.0912. The molecule has 0 saturated heterocycles. The van der Waals surface area contributed by atoms with Gasteiger partial charge in [-0.2, -0.15) is 5.10 Å². The molecule has 1 amide bonds. The molecule has 1 N–H and O–H groups in total. The summed E-state index contributed by atoms with van der Waals surface area (Å²) in [6, 6.07) is 1.56. The van der Waals surface area contributed by atoms with Crippen LogP contribution in [0.2, 0.25) is 0 Å². The van der Waals surface area contributed by atoms with E-state index in [-0.39, 0.29) is 11.2 Å². The number of halogens is 3. The Hall–Kier alpha value is -1.18. The first-order chi connectivity index (χ1) is 11.1. The standard InChI is InChI=1S/C15H22Cl3N3O4/c1-13(2,3)9-7-10(19-11(22)24-8-15(16,17)18)21(20-9)12(23)25-14(4,5)6/h7H,8H2,1-6H3,(H,19,22). The predicted octanol–water partition coefficient (Wildman–Crippen LogP) is 4.88. The lowest BCUT2D eigenvalue weighted by atomic mass is 9.92. The van der Waals surface area contributed by atoms with E-state index in [4.69, 9.17) is 44.3 Å². The molecule has 1 heterocycles. The Morgan fingerprint density at radius 3 is 2.16 bits per heavy atom. The van der Waals surface area contributed by atoms with Crippen LogP contribution in [0, 0.1) is 0 Å². The van der Waals surface area contributed by atoms with E-state index in [1.165, 1.54) is 0 Å². The number of anilines is 1. The minimum Gasteiger partial charge on any atom is -0.445 e. The van der Waals surface area contributed by atoms with Crippen LogP contribution in [0.4, 0.5) is 15.4 Å². The van der Waals surface area contributed by atoms with Crippen molar-refractivity contribution >= 4 is 52.8 Å². The second kappa shape index (κ2) is 7.60. The van der Waals surface area contributed by atoms with Crippen LogP contribution < -0.4 is 5.32 Å². The third kappa shape index (κ3) is 7.71. The number of alkyl halides is 3. The normalized spacial score (nSPS) is 12.7. The van der Waals surface area contributed by atoms with Gasteiger partial charge in [-0.25, -0.2) is 9.59 Å². The van der Waals surface area contributed by atoms with Crippen LogP contribution >= 0.6 is 34.8 Å². The summed E-state index contributed by atoms with van der Waals surface area (Å²) in [5.41, 5.74) is -0.501. The van der Waals surface area contributed by atoms with E-state index in [0.29, 0.717) is 5.69 Å². The summed E-state index contributed by atoms with van der Waals surface area (Å²) in [6.07, 6.45) is -1.63. The van der Waals surface area contributed by atoms with Crippen molar-refractivity contribution in [1.82, 2.24) is 9.78 Å². The summed E-state index contributed by atoms with van der Waals surface area (Å²) in [7, 11) is 0. The second-order valence-corrected chi connectivity index (χ2v) is 9.89. The van der Waals surface area contributed by atoms with Crippen molar-refractivity contribution in [2.75, 3.05) is 11.9 Å². The highest BCUT2D eigenvalue weighted by Crippen LogP contribution is 2.27. The van der Waals surface area contributed by atoms with Gasteiger partial charge in [-0.05, 0) is 20.8 Å². The molecule has 142 valence electrons. The van der Waals surface area contributed by atoms with Gasteiger partial charge in [0.1, 0.15) is 18.0 Å². The predicted molar refractivity (Wildman–Crippen MR) is 97.8 cm³/mol. The average molecular weight is 415 g/mol. The molecule has 0 saturated carbocycles. The number of amides is 1. The summed E-state index contributed by atoms with van der Waals surface area (Å²) in [5.74, 6) is 0.0912. The first kappa shape index (κ1) is 21.9. The summed E-state index contributed by atoms with van der Waals surface area (Å²) in [4.78, 5) is 24.2. The molecule has 0 aromatic carbocycles. The number of nitrogens with zero attached hydrogens (tertiary/aromatic N) is 2. The Bertz CT molecular complexity index is 640. The monoisotopic (exact) mass is 413 g/mol. The van der Waals surface area contributed by atoms with Crippen LogP contribution in [0.25, 0.3) is 0 Å². The zero-order valence-electron chi connectivity index (χ0n) is 14.9. The molecule has 0 spiro atoms. The molecule has 0 radical (unpaired) electrons. The number of carbonyl (C=O) groups excluding carboxylic acids is 2. The van der Waals surface area contributed by atoms with Gasteiger partial charge in [0.2, 0.25) is 3.79 Å².